The van der Waals surface area contributed by atoms with E-state index in [1.54, 1.807) is 0 Å². The van der Waals surface area contributed by atoms with Crippen molar-refractivity contribution < 1.29 is 14.3 Å². The Morgan fingerprint density at radius 2 is 1.67 bits per heavy atom. The van der Waals surface area contributed by atoms with Gasteiger partial charge in [0.1, 0.15) is 0 Å². The van der Waals surface area contributed by atoms with Gasteiger partial charge in [-0.2, -0.15) is 0 Å². The summed E-state index contributed by atoms with van der Waals surface area (Å²) in [5.41, 5.74) is 3.93. The Balaban J connectivity index is 1.80. The maximum absolute atomic E-state index is 11.9. The molecule has 24 heavy (non-hydrogen) atoms. The molecule has 1 amide bonds. The van der Waals surface area contributed by atoms with Crippen molar-refractivity contribution in [2.24, 2.45) is 0 Å². The summed E-state index contributed by atoms with van der Waals surface area (Å²) >= 11 is 0. The molecule has 1 N–H and O–H groups in total. The largest absolute Gasteiger partial charge is 0.456 e. The van der Waals surface area contributed by atoms with Crippen molar-refractivity contribution in [3.63, 3.8) is 0 Å². The average Bonchev–Trinajstić information content (AvgIpc) is 2.53. The lowest BCUT2D eigenvalue weighted by Crippen LogP contribution is -2.21. The highest BCUT2D eigenvalue weighted by Crippen LogP contribution is 2.19. The second-order valence-electron chi connectivity index (χ2n) is 6.10. The molecular weight excluding hydrogens is 302 g/mol. The van der Waals surface area contributed by atoms with E-state index in [1.165, 1.54) is 0 Å². The van der Waals surface area contributed by atoms with E-state index in [0.717, 1.165) is 16.7 Å². The summed E-state index contributed by atoms with van der Waals surface area (Å²) in [6.45, 7) is 5.63. The number of carbonyl (C=O) groups excluding carboxylic acids is 2. The minimum absolute atomic E-state index is 0.0567. The SMILES string of the molecule is Cc1cc(C)cc(NC(=O)COC(=O)C[C@H](C)c2ccccc2)c1. The molecule has 0 heterocycles. The maximum atomic E-state index is 11.9. The smallest absolute Gasteiger partial charge is 0.306 e. The third-order valence-electron chi connectivity index (χ3n) is 3.71. The van der Waals surface area contributed by atoms with Crippen LogP contribution in [0.4, 0.5) is 5.69 Å². The van der Waals surface area contributed by atoms with Crippen molar-refractivity contribution in [3.8, 4) is 0 Å². The summed E-state index contributed by atoms with van der Waals surface area (Å²) < 4.78 is 5.08. The van der Waals surface area contributed by atoms with Gasteiger partial charge in [0.15, 0.2) is 6.61 Å². The molecule has 0 aromatic heterocycles. The van der Waals surface area contributed by atoms with E-state index in [1.807, 2.05) is 69.3 Å². The van der Waals surface area contributed by atoms with Gasteiger partial charge < -0.3 is 10.1 Å². The first kappa shape index (κ1) is 17.7. The molecule has 0 saturated heterocycles. The third kappa shape index (κ3) is 5.54. The van der Waals surface area contributed by atoms with E-state index < -0.39 is 0 Å². The molecule has 0 bridgehead atoms. The predicted octanol–water partition coefficient (Wildman–Crippen LogP) is 3.98. The van der Waals surface area contributed by atoms with Crippen molar-refractivity contribution in [2.45, 2.75) is 33.1 Å². The van der Waals surface area contributed by atoms with Gasteiger partial charge in [-0.1, -0.05) is 43.3 Å². The topological polar surface area (TPSA) is 55.4 Å². The zero-order valence-electron chi connectivity index (χ0n) is 14.3. The van der Waals surface area contributed by atoms with Gasteiger partial charge in [-0.25, -0.2) is 0 Å². The fraction of sp³-hybridized carbons (Fsp3) is 0.300. The second-order valence-corrected chi connectivity index (χ2v) is 6.10. The number of esters is 1. The van der Waals surface area contributed by atoms with Crippen LogP contribution in [0.5, 0.6) is 0 Å². The summed E-state index contributed by atoms with van der Waals surface area (Å²) in [6, 6.07) is 15.6. The van der Waals surface area contributed by atoms with Crippen LogP contribution in [0, 0.1) is 13.8 Å². The summed E-state index contributed by atoms with van der Waals surface area (Å²) in [7, 11) is 0. The molecule has 0 aliphatic carbocycles. The first-order chi connectivity index (χ1) is 11.4. The van der Waals surface area contributed by atoms with Crippen molar-refractivity contribution in [3.05, 3.63) is 65.2 Å². The Bertz CT molecular complexity index is 690. The molecule has 0 saturated carbocycles. The molecule has 0 spiro atoms. The highest BCUT2D eigenvalue weighted by atomic mass is 16.5. The predicted molar refractivity (Wildman–Crippen MR) is 95.0 cm³/mol. The van der Waals surface area contributed by atoms with Crippen molar-refractivity contribution in [1.29, 1.82) is 0 Å². The number of amides is 1. The normalized spacial score (nSPS) is 11.6. The molecule has 2 rings (SSSR count). The molecule has 0 fully saturated rings. The van der Waals surface area contributed by atoms with Crippen LogP contribution in [-0.4, -0.2) is 18.5 Å². The van der Waals surface area contributed by atoms with Gasteiger partial charge in [-0.05, 0) is 48.6 Å². The monoisotopic (exact) mass is 325 g/mol. The van der Waals surface area contributed by atoms with E-state index in [4.69, 9.17) is 4.74 Å². The molecule has 0 aliphatic heterocycles. The standard InChI is InChI=1S/C20H23NO3/c1-14-9-15(2)11-18(10-14)21-19(22)13-24-20(23)12-16(3)17-7-5-4-6-8-17/h4-11,16H,12-13H2,1-3H3,(H,21,22)/t16-/m0/s1. The molecule has 0 unspecified atom stereocenters. The van der Waals surface area contributed by atoms with Crippen LogP contribution in [0.1, 0.15) is 36.0 Å². The van der Waals surface area contributed by atoms with Gasteiger partial charge in [-0.15, -0.1) is 0 Å². The van der Waals surface area contributed by atoms with Crippen LogP contribution >= 0.6 is 0 Å². The Morgan fingerprint density at radius 1 is 1.04 bits per heavy atom. The molecular formula is C20H23NO3. The highest BCUT2D eigenvalue weighted by Gasteiger charge is 2.13. The van der Waals surface area contributed by atoms with Gasteiger partial charge in [0.25, 0.3) is 5.91 Å². The minimum atomic E-state index is -0.373. The summed E-state index contributed by atoms with van der Waals surface area (Å²) in [6.07, 6.45) is 0.251. The second kappa shape index (κ2) is 8.29. The summed E-state index contributed by atoms with van der Waals surface area (Å²) in [5.74, 6) is -0.649. The van der Waals surface area contributed by atoms with Gasteiger partial charge in [0.05, 0.1) is 6.42 Å². The molecule has 1 atom stereocenters. The van der Waals surface area contributed by atoms with Crippen molar-refractivity contribution in [2.75, 3.05) is 11.9 Å². The van der Waals surface area contributed by atoms with Crippen LogP contribution in [-0.2, 0) is 14.3 Å². The minimum Gasteiger partial charge on any atom is -0.456 e. The number of anilines is 1. The number of ether oxygens (including phenoxy) is 1. The van der Waals surface area contributed by atoms with Crippen LogP contribution < -0.4 is 5.32 Å². The summed E-state index contributed by atoms with van der Waals surface area (Å²) in [5, 5.41) is 2.75. The number of rotatable bonds is 6. The molecule has 2 aromatic carbocycles. The zero-order chi connectivity index (χ0) is 17.5. The first-order valence-corrected chi connectivity index (χ1v) is 8.03. The number of hydrogen-bond acceptors (Lipinski definition) is 3. The molecule has 4 nitrogen and oxygen atoms in total. The zero-order valence-corrected chi connectivity index (χ0v) is 14.3. The Kier molecular flexibility index (Phi) is 6.13. The van der Waals surface area contributed by atoms with Crippen molar-refractivity contribution in [1.82, 2.24) is 0 Å². The Morgan fingerprint density at radius 3 is 2.29 bits per heavy atom. The average molecular weight is 325 g/mol. The third-order valence-corrected chi connectivity index (χ3v) is 3.71. The van der Waals surface area contributed by atoms with Gasteiger partial charge in [0, 0.05) is 5.69 Å². The Labute approximate surface area is 142 Å². The lowest BCUT2D eigenvalue weighted by Gasteiger charge is -2.12. The van der Waals surface area contributed by atoms with E-state index in [0.29, 0.717) is 5.69 Å². The molecule has 4 heteroatoms. The lowest BCUT2D eigenvalue weighted by atomic mass is 9.98. The van der Waals surface area contributed by atoms with Crippen molar-refractivity contribution >= 4 is 17.6 Å². The number of carbonyl (C=O) groups is 2. The first-order valence-electron chi connectivity index (χ1n) is 8.03. The fourth-order valence-electron chi connectivity index (χ4n) is 2.60. The number of benzene rings is 2. The van der Waals surface area contributed by atoms with E-state index in [2.05, 4.69) is 5.32 Å². The van der Waals surface area contributed by atoms with E-state index in [-0.39, 0.29) is 30.8 Å². The molecule has 0 aliphatic rings. The van der Waals surface area contributed by atoms with Crippen LogP contribution in [0.2, 0.25) is 0 Å². The van der Waals surface area contributed by atoms with Gasteiger partial charge in [0.2, 0.25) is 0 Å². The van der Waals surface area contributed by atoms with Crippen LogP contribution in [0.15, 0.2) is 48.5 Å². The number of aryl methyl sites for hydroxylation is 2. The molecule has 126 valence electrons. The van der Waals surface area contributed by atoms with Crippen LogP contribution in [0.3, 0.4) is 0 Å². The number of hydrogen-bond donors (Lipinski definition) is 1. The van der Waals surface area contributed by atoms with Crippen LogP contribution in [0.25, 0.3) is 0 Å². The highest BCUT2D eigenvalue weighted by molar-refractivity contribution is 5.93. The molecule has 0 radical (unpaired) electrons. The number of nitrogens with one attached hydrogen (secondary N) is 1. The fourth-order valence-corrected chi connectivity index (χ4v) is 2.60. The van der Waals surface area contributed by atoms with E-state index >= 15 is 0 Å². The Hall–Kier alpha value is -2.62. The quantitative estimate of drug-likeness (QED) is 0.817. The van der Waals surface area contributed by atoms with E-state index in [9.17, 15) is 9.59 Å². The lowest BCUT2D eigenvalue weighted by molar-refractivity contribution is -0.147. The van der Waals surface area contributed by atoms with Gasteiger partial charge >= 0.3 is 5.97 Å². The van der Waals surface area contributed by atoms with Gasteiger partial charge in [-0.3, -0.25) is 9.59 Å². The molecule has 2 aromatic rings. The maximum Gasteiger partial charge on any atom is 0.306 e. The summed E-state index contributed by atoms with van der Waals surface area (Å²) in [4.78, 5) is 23.8.